The third-order valence-electron chi connectivity index (χ3n) is 1.79. The van der Waals surface area contributed by atoms with Crippen LogP contribution >= 0.6 is 11.8 Å². The van der Waals surface area contributed by atoms with Gasteiger partial charge in [-0.25, -0.2) is 4.79 Å². The lowest BCUT2D eigenvalue weighted by Crippen LogP contribution is -2.28. The number of thioether (sulfide) groups is 1. The van der Waals surface area contributed by atoms with Crippen molar-refractivity contribution >= 4 is 29.4 Å². The number of carbonyl (C=O) groups is 2. The maximum absolute atomic E-state index is 11.3. The molecule has 0 unspecified atom stereocenters. The van der Waals surface area contributed by atoms with Crippen LogP contribution in [-0.4, -0.2) is 23.9 Å². The molecule has 0 radical (unpaired) electrons. The SMILES string of the molecule is CSC(=NC=O)NC(=O)OCc1ccccc1. The average Bonchev–Trinajstić information content (AvgIpc) is 2.37. The Morgan fingerprint density at radius 1 is 1.47 bits per heavy atom. The van der Waals surface area contributed by atoms with Crippen LogP contribution < -0.4 is 5.32 Å². The van der Waals surface area contributed by atoms with E-state index in [-0.39, 0.29) is 11.8 Å². The van der Waals surface area contributed by atoms with Gasteiger partial charge in [-0.2, -0.15) is 4.99 Å². The van der Waals surface area contributed by atoms with E-state index in [0.717, 1.165) is 17.3 Å². The molecule has 1 N–H and O–H groups in total. The molecule has 0 bridgehead atoms. The molecule has 0 spiro atoms. The van der Waals surface area contributed by atoms with E-state index in [1.807, 2.05) is 30.3 Å². The first-order valence-corrected chi connectivity index (χ1v) is 6.02. The van der Waals surface area contributed by atoms with Gasteiger partial charge < -0.3 is 4.74 Å². The van der Waals surface area contributed by atoms with Gasteiger partial charge >= 0.3 is 6.09 Å². The summed E-state index contributed by atoms with van der Waals surface area (Å²) in [5.74, 6) is 0. The van der Waals surface area contributed by atoms with Crippen molar-refractivity contribution in [3.8, 4) is 0 Å². The van der Waals surface area contributed by atoms with Crippen molar-refractivity contribution in [1.82, 2.24) is 5.32 Å². The second-order valence-electron chi connectivity index (χ2n) is 2.93. The number of amidine groups is 1. The molecule has 0 atom stereocenters. The molecule has 0 aliphatic rings. The molecule has 0 aromatic heterocycles. The molecule has 5 nitrogen and oxygen atoms in total. The summed E-state index contributed by atoms with van der Waals surface area (Å²) in [4.78, 5) is 24.9. The van der Waals surface area contributed by atoms with Gasteiger partial charge in [-0.15, -0.1) is 0 Å². The predicted octanol–water partition coefficient (Wildman–Crippen LogP) is 1.79. The first-order valence-electron chi connectivity index (χ1n) is 4.79. The number of aliphatic imine (C=N–C) groups is 1. The summed E-state index contributed by atoms with van der Waals surface area (Å²) in [6, 6.07) is 9.30. The Bertz CT molecular complexity index is 406. The van der Waals surface area contributed by atoms with Gasteiger partial charge in [0.2, 0.25) is 6.41 Å². The van der Waals surface area contributed by atoms with Crippen molar-refractivity contribution in [2.24, 2.45) is 4.99 Å². The van der Waals surface area contributed by atoms with Crippen molar-refractivity contribution < 1.29 is 14.3 Å². The van der Waals surface area contributed by atoms with E-state index in [1.165, 1.54) is 0 Å². The largest absolute Gasteiger partial charge is 0.444 e. The molecule has 1 aromatic rings. The number of alkyl carbamates (subject to hydrolysis) is 1. The van der Waals surface area contributed by atoms with Gasteiger partial charge in [-0.3, -0.25) is 10.1 Å². The highest BCUT2D eigenvalue weighted by molar-refractivity contribution is 8.13. The van der Waals surface area contributed by atoms with Gasteiger partial charge in [0.05, 0.1) is 0 Å². The van der Waals surface area contributed by atoms with E-state index in [4.69, 9.17) is 4.74 Å². The molecule has 0 saturated carbocycles. The van der Waals surface area contributed by atoms with Gasteiger partial charge in [0.15, 0.2) is 5.17 Å². The average molecular weight is 252 g/mol. The molecule has 0 aliphatic carbocycles. The first kappa shape index (κ1) is 13.2. The van der Waals surface area contributed by atoms with Crippen molar-refractivity contribution in [2.75, 3.05) is 6.26 Å². The summed E-state index contributed by atoms with van der Waals surface area (Å²) < 4.78 is 4.95. The minimum atomic E-state index is -0.635. The minimum Gasteiger partial charge on any atom is -0.444 e. The van der Waals surface area contributed by atoms with Crippen LogP contribution in [0.4, 0.5) is 4.79 Å². The number of amides is 2. The van der Waals surface area contributed by atoms with E-state index in [2.05, 4.69) is 10.3 Å². The number of ether oxygens (including phenoxy) is 1. The number of hydrogen-bond acceptors (Lipinski definition) is 4. The normalized spacial score (nSPS) is 10.8. The van der Waals surface area contributed by atoms with Crippen LogP contribution in [0.2, 0.25) is 0 Å². The monoisotopic (exact) mass is 252 g/mol. The third-order valence-corrected chi connectivity index (χ3v) is 2.38. The maximum atomic E-state index is 11.3. The Morgan fingerprint density at radius 3 is 2.76 bits per heavy atom. The summed E-state index contributed by atoms with van der Waals surface area (Å²) in [6.07, 6.45) is 1.42. The lowest BCUT2D eigenvalue weighted by molar-refractivity contribution is -0.106. The summed E-state index contributed by atoms with van der Waals surface area (Å²) in [7, 11) is 0. The van der Waals surface area contributed by atoms with E-state index in [9.17, 15) is 9.59 Å². The number of nitrogens with zero attached hydrogens (tertiary/aromatic N) is 1. The smallest absolute Gasteiger partial charge is 0.413 e. The maximum Gasteiger partial charge on any atom is 0.413 e. The summed E-state index contributed by atoms with van der Waals surface area (Å²) >= 11 is 1.15. The Morgan fingerprint density at radius 2 is 2.18 bits per heavy atom. The van der Waals surface area contributed by atoms with Crippen molar-refractivity contribution in [3.05, 3.63) is 35.9 Å². The predicted molar refractivity (Wildman–Crippen MR) is 66.8 cm³/mol. The first-order chi connectivity index (χ1) is 8.26. The van der Waals surface area contributed by atoms with Crippen molar-refractivity contribution in [2.45, 2.75) is 6.61 Å². The molecular formula is C11H12N2O3S. The van der Waals surface area contributed by atoms with Crippen LogP contribution in [0.25, 0.3) is 0 Å². The molecule has 0 fully saturated rings. The highest BCUT2D eigenvalue weighted by Gasteiger charge is 2.05. The van der Waals surface area contributed by atoms with Gasteiger partial charge in [-0.1, -0.05) is 42.1 Å². The number of rotatable bonds is 3. The topological polar surface area (TPSA) is 67.8 Å². The van der Waals surface area contributed by atoms with Crippen molar-refractivity contribution in [3.63, 3.8) is 0 Å². The van der Waals surface area contributed by atoms with E-state index in [0.29, 0.717) is 6.41 Å². The zero-order valence-electron chi connectivity index (χ0n) is 9.25. The third kappa shape index (κ3) is 5.17. The van der Waals surface area contributed by atoms with E-state index < -0.39 is 6.09 Å². The van der Waals surface area contributed by atoms with Crippen LogP contribution in [0.5, 0.6) is 0 Å². The molecule has 2 amide bonds. The zero-order chi connectivity index (χ0) is 12.5. The van der Waals surface area contributed by atoms with Gasteiger partial charge in [0.25, 0.3) is 0 Å². The fourth-order valence-corrected chi connectivity index (χ4v) is 1.36. The number of carbonyl (C=O) groups excluding carboxylic acids is 2. The fourth-order valence-electron chi connectivity index (χ4n) is 1.03. The molecule has 0 aliphatic heterocycles. The highest BCUT2D eigenvalue weighted by atomic mass is 32.2. The van der Waals surface area contributed by atoms with Crippen LogP contribution in [0.1, 0.15) is 5.56 Å². The number of hydrogen-bond donors (Lipinski definition) is 1. The van der Waals surface area contributed by atoms with Crippen molar-refractivity contribution in [1.29, 1.82) is 0 Å². The highest BCUT2D eigenvalue weighted by Crippen LogP contribution is 2.01. The fraction of sp³-hybridized carbons (Fsp3) is 0.182. The molecular weight excluding hydrogens is 240 g/mol. The lowest BCUT2D eigenvalue weighted by atomic mass is 10.2. The molecule has 90 valence electrons. The standard InChI is InChI=1S/C11H12N2O3S/c1-17-10(12-8-14)13-11(15)16-7-9-5-3-2-4-6-9/h2-6,8H,7H2,1H3,(H,12,13,14,15). The summed E-state index contributed by atoms with van der Waals surface area (Å²) in [5.41, 5.74) is 0.890. The van der Waals surface area contributed by atoms with Gasteiger partial charge in [0, 0.05) is 0 Å². The molecule has 0 heterocycles. The Labute approximate surface area is 103 Å². The Balaban J connectivity index is 2.40. The lowest BCUT2D eigenvalue weighted by Gasteiger charge is -2.06. The number of nitrogens with one attached hydrogen (secondary N) is 1. The van der Waals surface area contributed by atoms with Crippen LogP contribution in [-0.2, 0) is 16.1 Å². The number of benzene rings is 1. The quantitative estimate of drug-likeness (QED) is 0.506. The van der Waals surface area contributed by atoms with Crippen LogP contribution in [0.15, 0.2) is 35.3 Å². The van der Waals surface area contributed by atoms with E-state index in [1.54, 1.807) is 6.26 Å². The van der Waals surface area contributed by atoms with E-state index >= 15 is 0 Å². The Hall–Kier alpha value is -1.82. The molecule has 0 saturated heterocycles. The zero-order valence-corrected chi connectivity index (χ0v) is 10.1. The van der Waals surface area contributed by atoms with Crippen LogP contribution in [0.3, 0.4) is 0 Å². The second-order valence-corrected chi connectivity index (χ2v) is 3.73. The van der Waals surface area contributed by atoms with Gasteiger partial charge in [-0.05, 0) is 11.8 Å². The molecule has 17 heavy (non-hydrogen) atoms. The molecule has 1 aromatic carbocycles. The van der Waals surface area contributed by atoms with Crippen LogP contribution in [0, 0.1) is 0 Å². The Kier molecular flexibility index (Phi) is 5.81. The molecule has 1 rings (SSSR count). The van der Waals surface area contributed by atoms with Gasteiger partial charge in [0.1, 0.15) is 6.61 Å². The summed E-state index contributed by atoms with van der Waals surface area (Å²) in [6.45, 7) is 0.176. The second kappa shape index (κ2) is 7.45. The minimum absolute atomic E-state index is 0.176. The summed E-state index contributed by atoms with van der Waals surface area (Å²) in [5, 5.41) is 2.56. The molecule has 6 heteroatoms.